The van der Waals surface area contributed by atoms with E-state index in [1.165, 1.54) is 44.0 Å². The first-order valence-corrected chi connectivity index (χ1v) is 8.28. The number of amides is 1. The van der Waals surface area contributed by atoms with Crippen molar-refractivity contribution >= 4 is 15.9 Å². The minimum atomic E-state index is -4.10. The SMILES string of the molecule is Cc1oc(C)c(S(N)(=O)=O)c1C(=O)N(C)Cc1cccc(F)c1. The molecule has 0 bridgehead atoms. The van der Waals surface area contributed by atoms with Crippen molar-refractivity contribution in [2.75, 3.05) is 7.05 Å². The first kappa shape index (κ1) is 17.2. The van der Waals surface area contributed by atoms with Gasteiger partial charge < -0.3 is 9.32 Å². The van der Waals surface area contributed by atoms with Crippen LogP contribution in [0.5, 0.6) is 0 Å². The van der Waals surface area contributed by atoms with Crippen LogP contribution in [0.1, 0.15) is 27.4 Å². The molecule has 0 aliphatic carbocycles. The van der Waals surface area contributed by atoms with Gasteiger partial charge in [0.1, 0.15) is 27.8 Å². The molecular weight excluding hydrogens is 323 g/mol. The number of primary sulfonamides is 1. The van der Waals surface area contributed by atoms with Crippen LogP contribution in [-0.4, -0.2) is 26.3 Å². The second-order valence-electron chi connectivity index (χ2n) is 5.25. The first-order chi connectivity index (χ1) is 10.6. The van der Waals surface area contributed by atoms with Crippen molar-refractivity contribution in [3.63, 3.8) is 0 Å². The van der Waals surface area contributed by atoms with Gasteiger partial charge in [0.05, 0.1) is 0 Å². The summed E-state index contributed by atoms with van der Waals surface area (Å²) in [5.41, 5.74) is 0.486. The third-order valence-electron chi connectivity index (χ3n) is 3.36. The maximum Gasteiger partial charge on any atom is 0.258 e. The van der Waals surface area contributed by atoms with Gasteiger partial charge in [0.15, 0.2) is 0 Å². The summed E-state index contributed by atoms with van der Waals surface area (Å²) in [4.78, 5) is 13.6. The lowest BCUT2D eigenvalue weighted by Gasteiger charge is -2.17. The molecule has 1 aromatic carbocycles. The van der Waals surface area contributed by atoms with Gasteiger partial charge in [0.25, 0.3) is 5.91 Å². The van der Waals surface area contributed by atoms with E-state index in [1.807, 2.05) is 0 Å². The molecule has 0 spiro atoms. The Kier molecular flexibility index (Phi) is 4.58. The van der Waals surface area contributed by atoms with Crippen molar-refractivity contribution in [2.45, 2.75) is 25.3 Å². The molecule has 0 unspecified atom stereocenters. The molecule has 0 atom stereocenters. The van der Waals surface area contributed by atoms with E-state index < -0.39 is 21.7 Å². The number of aryl methyl sites for hydroxylation is 2. The van der Waals surface area contributed by atoms with Gasteiger partial charge in [-0.3, -0.25) is 4.79 Å². The van der Waals surface area contributed by atoms with Crippen LogP contribution >= 0.6 is 0 Å². The van der Waals surface area contributed by atoms with Gasteiger partial charge in [-0.15, -0.1) is 0 Å². The zero-order valence-corrected chi connectivity index (χ0v) is 13.8. The molecule has 2 N–H and O–H groups in total. The van der Waals surface area contributed by atoms with E-state index in [4.69, 9.17) is 9.56 Å². The van der Waals surface area contributed by atoms with E-state index in [2.05, 4.69) is 0 Å². The predicted molar refractivity (Wildman–Crippen MR) is 81.8 cm³/mol. The smallest absolute Gasteiger partial charge is 0.258 e. The number of sulfonamides is 1. The lowest BCUT2D eigenvalue weighted by molar-refractivity contribution is 0.0779. The molecule has 2 rings (SSSR count). The maximum absolute atomic E-state index is 13.2. The Morgan fingerprint density at radius 1 is 1.30 bits per heavy atom. The number of nitrogens with two attached hydrogens (primary N) is 1. The Hall–Kier alpha value is -2.19. The zero-order chi connectivity index (χ0) is 17.4. The van der Waals surface area contributed by atoms with Crippen LogP contribution < -0.4 is 5.14 Å². The van der Waals surface area contributed by atoms with Gasteiger partial charge in [0, 0.05) is 13.6 Å². The first-order valence-electron chi connectivity index (χ1n) is 6.74. The van der Waals surface area contributed by atoms with Gasteiger partial charge in [0.2, 0.25) is 10.0 Å². The summed E-state index contributed by atoms with van der Waals surface area (Å²) in [5, 5.41) is 5.17. The average molecular weight is 340 g/mol. The fourth-order valence-electron chi connectivity index (χ4n) is 2.43. The summed E-state index contributed by atoms with van der Waals surface area (Å²) >= 11 is 0. The lowest BCUT2D eigenvalue weighted by Crippen LogP contribution is -2.28. The highest BCUT2D eigenvalue weighted by molar-refractivity contribution is 7.89. The van der Waals surface area contributed by atoms with Gasteiger partial charge in [-0.1, -0.05) is 12.1 Å². The van der Waals surface area contributed by atoms with E-state index in [-0.39, 0.29) is 28.5 Å². The van der Waals surface area contributed by atoms with Gasteiger partial charge in [-0.2, -0.15) is 0 Å². The monoisotopic (exact) mass is 340 g/mol. The largest absolute Gasteiger partial charge is 0.464 e. The van der Waals surface area contributed by atoms with Crippen molar-refractivity contribution < 1.29 is 22.0 Å². The van der Waals surface area contributed by atoms with Crippen LogP contribution in [-0.2, 0) is 16.6 Å². The van der Waals surface area contributed by atoms with Gasteiger partial charge in [-0.05, 0) is 31.5 Å². The van der Waals surface area contributed by atoms with Crippen LogP contribution in [0, 0.1) is 19.7 Å². The molecule has 1 aromatic heterocycles. The topological polar surface area (TPSA) is 93.6 Å². The number of rotatable bonds is 4. The van der Waals surface area contributed by atoms with Crippen molar-refractivity contribution in [1.29, 1.82) is 0 Å². The molecule has 0 saturated carbocycles. The van der Waals surface area contributed by atoms with E-state index in [0.29, 0.717) is 5.56 Å². The molecule has 6 nitrogen and oxygen atoms in total. The van der Waals surface area contributed by atoms with Crippen LogP contribution in [0.3, 0.4) is 0 Å². The Morgan fingerprint density at radius 2 is 1.96 bits per heavy atom. The Morgan fingerprint density at radius 3 is 2.52 bits per heavy atom. The second-order valence-corrected chi connectivity index (χ2v) is 6.75. The molecule has 1 amide bonds. The highest BCUT2D eigenvalue weighted by Gasteiger charge is 2.30. The third kappa shape index (κ3) is 3.59. The second kappa shape index (κ2) is 6.13. The normalized spacial score (nSPS) is 11.5. The third-order valence-corrected chi connectivity index (χ3v) is 4.42. The van der Waals surface area contributed by atoms with Crippen molar-refractivity contribution in [3.05, 3.63) is 52.7 Å². The van der Waals surface area contributed by atoms with E-state index in [1.54, 1.807) is 6.07 Å². The molecule has 0 aliphatic rings. The number of carbonyl (C=O) groups is 1. The summed E-state index contributed by atoms with van der Waals surface area (Å²) in [7, 11) is -2.61. The molecule has 0 fully saturated rings. The summed E-state index contributed by atoms with van der Waals surface area (Å²) in [6.07, 6.45) is 0. The van der Waals surface area contributed by atoms with Crippen LogP contribution in [0.25, 0.3) is 0 Å². The quantitative estimate of drug-likeness (QED) is 0.920. The lowest BCUT2D eigenvalue weighted by atomic mass is 10.1. The average Bonchev–Trinajstić information content (AvgIpc) is 2.72. The Labute approximate surface area is 133 Å². The van der Waals surface area contributed by atoms with Crippen LogP contribution in [0.15, 0.2) is 33.6 Å². The van der Waals surface area contributed by atoms with Crippen LogP contribution in [0.2, 0.25) is 0 Å². The van der Waals surface area contributed by atoms with Gasteiger partial charge >= 0.3 is 0 Å². The summed E-state index contributed by atoms with van der Waals surface area (Å²) in [6.45, 7) is 3.03. The summed E-state index contributed by atoms with van der Waals surface area (Å²) < 4.78 is 41.9. The minimum absolute atomic E-state index is 0.0625. The number of furan rings is 1. The molecule has 124 valence electrons. The van der Waals surface area contributed by atoms with E-state index in [9.17, 15) is 17.6 Å². The molecule has 0 radical (unpaired) electrons. The molecule has 1 heterocycles. The number of hydrogen-bond acceptors (Lipinski definition) is 4. The number of nitrogens with zero attached hydrogens (tertiary/aromatic N) is 1. The zero-order valence-electron chi connectivity index (χ0n) is 13.0. The van der Waals surface area contributed by atoms with Crippen molar-refractivity contribution in [3.8, 4) is 0 Å². The van der Waals surface area contributed by atoms with E-state index in [0.717, 1.165) is 0 Å². The fourth-order valence-corrected chi connectivity index (χ4v) is 3.38. The molecular formula is C15H17FN2O4S. The predicted octanol–water partition coefficient (Wildman–Crippen LogP) is 1.96. The van der Waals surface area contributed by atoms with Gasteiger partial charge in [-0.25, -0.2) is 17.9 Å². The molecule has 23 heavy (non-hydrogen) atoms. The van der Waals surface area contributed by atoms with Crippen molar-refractivity contribution in [2.24, 2.45) is 5.14 Å². The van der Waals surface area contributed by atoms with E-state index >= 15 is 0 Å². The molecule has 2 aromatic rings. The molecule has 0 aliphatic heterocycles. The highest BCUT2D eigenvalue weighted by Crippen LogP contribution is 2.27. The molecule has 0 saturated heterocycles. The number of benzene rings is 1. The summed E-state index contributed by atoms with van der Waals surface area (Å²) in [5.74, 6) is -0.744. The number of halogens is 1. The minimum Gasteiger partial charge on any atom is -0.464 e. The Bertz CT molecular complexity index is 858. The summed E-state index contributed by atoms with van der Waals surface area (Å²) in [6, 6.07) is 5.80. The highest BCUT2D eigenvalue weighted by atomic mass is 32.2. The Balaban J connectivity index is 2.37. The molecule has 8 heteroatoms. The van der Waals surface area contributed by atoms with Crippen molar-refractivity contribution in [1.82, 2.24) is 4.90 Å². The van der Waals surface area contributed by atoms with Crippen LogP contribution in [0.4, 0.5) is 4.39 Å². The standard InChI is InChI=1S/C15H17FN2O4S/c1-9-13(14(10(2)22-9)23(17,20)21)15(19)18(3)8-11-5-4-6-12(16)7-11/h4-7H,8H2,1-3H3,(H2,17,20,21). The number of hydrogen-bond donors (Lipinski definition) is 1. The maximum atomic E-state index is 13.2. The number of carbonyl (C=O) groups excluding carboxylic acids is 1. The fraction of sp³-hybridized carbons (Fsp3) is 0.267.